The summed E-state index contributed by atoms with van der Waals surface area (Å²) in [5, 5.41) is 2.83. The first-order valence-electron chi connectivity index (χ1n) is 7.96. The Kier molecular flexibility index (Phi) is 4.42. The summed E-state index contributed by atoms with van der Waals surface area (Å²) in [6.07, 6.45) is 0.890. The lowest BCUT2D eigenvalue weighted by Crippen LogP contribution is -2.24. The minimum absolute atomic E-state index is 0.109. The first kappa shape index (κ1) is 15.9. The molecular weight excluding hydrogens is 302 g/mol. The summed E-state index contributed by atoms with van der Waals surface area (Å²) in [7, 11) is 1.74. The molecule has 0 saturated heterocycles. The quantitative estimate of drug-likeness (QED) is 0.803. The highest BCUT2D eigenvalue weighted by atomic mass is 16.1. The van der Waals surface area contributed by atoms with Gasteiger partial charge in [-0.15, -0.1) is 0 Å². The van der Waals surface area contributed by atoms with E-state index in [1.807, 2.05) is 31.2 Å². The molecule has 0 fully saturated rings. The van der Waals surface area contributed by atoms with E-state index in [1.165, 1.54) is 0 Å². The van der Waals surface area contributed by atoms with Crippen molar-refractivity contribution in [3.05, 3.63) is 64.4 Å². The molecule has 1 aromatic heterocycles. The Labute approximate surface area is 140 Å². The second kappa shape index (κ2) is 6.66. The number of amides is 1. The molecule has 24 heavy (non-hydrogen) atoms. The van der Waals surface area contributed by atoms with Crippen LogP contribution in [0, 0.1) is 0 Å². The van der Waals surface area contributed by atoms with Crippen LogP contribution in [-0.4, -0.2) is 22.0 Å². The number of carbonyl (C=O) groups excluding carboxylic acids is 1. The smallest absolute Gasteiger partial charge is 0.277 e. The summed E-state index contributed by atoms with van der Waals surface area (Å²) < 4.78 is 1.60. The van der Waals surface area contributed by atoms with Crippen molar-refractivity contribution >= 4 is 16.9 Å². The summed E-state index contributed by atoms with van der Waals surface area (Å²) in [5.41, 5.74) is 3.06. The van der Waals surface area contributed by atoms with Gasteiger partial charge in [-0.25, -0.2) is 4.98 Å². The highest BCUT2D eigenvalue weighted by Crippen LogP contribution is 2.17. The fraction of sp³-hybridized carbons (Fsp3) is 0.211. The Morgan fingerprint density at radius 3 is 2.54 bits per heavy atom. The molecule has 3 aromatic rings. The van der Waals surface area contributed by atoms with Crippen LogP contribution < -0.4 is 10.9 Å². The number of carbonyl (C=O) groups is 1. The Balaban J connectivity index is 2.00. The van der Waals surface area contributed by atoms with Crippen LogP contribution in [-0.2, 0) is 7.05 Å². The van der Waals surface area contributed by atoms with Gasteiger partial charge in [0.15, 0.2) is 0 Å². The average Bonchev–Trinajstić information content (AvgIpc) is 2.63. The van der Waals surface area contributed by atoms with Gasteiger partial charge in [0, 0.05) is 24.7 Å². The minimum atomic E-state index is -0.156. The Morgan fingerprint density at radius 1 is 1.12 bits per heavy atom. The van der Waals surface area contributed by atoms with Crippen LogP contribution in [0.2, 0.25) is 0 Å². The molecule has 2 aromatic carbocycles. The van der Waals surface area contributed by atoms with Crippen LogP contribution in [0.15, 0.2) is 53.3 Å². The molecule has 0 radical (unpaired) electrons. The van der Waals surface area contributed by atoms with Crippen LogP contribution >= 0.6 is 0 Å². The monoisotopic (exact) mass is 321 g/mol. The molecule has 0 atom stereocenters. The van der Waals surface area contributed by atoms with E-state index in [4.69, 9.17) is 0 Å². The molecule has 5 nitrogen and oxygen atoms in total. The Morgan fingerprint density at radius 2 is 1.83 bits per heavy atom. The van der Waals surface area contributed by atoms with Gasteiger partial charge in [-0.3, -0.25) is 9.59 Å². The number of para-hydroxylation sites is 2. The second-order valence-corrected chi connectivity index (χ2v) is 5.65. The maximum atomic E-state index is 12.6. The lowest BCUT2D eigenvalue weighted by atomic mass is 10.1. The van der Waals surface area contributed by atoms with Gasteiger partial charge in [0.05, 0.1) is 11.0 Å². The molecule has 0 aliphatic carbocycles. The number of rotatable bonds is 4. The Bertz CT molecular complexity index is 943. The minimum Gasteiger partial charge on any atom is -0.352 e. The predicted molar refractivity (Wildman–Crippen MR) is 95.0 cm³/mol. The van der Waals surface area contributed by atoms with Crippen LogP contribution in [0.1, 0.15) is 23.7 Å². The third-order valence-electron chi connectivity index (χ3n) is 3.94. The van der Waals surface area contributed by atoms with Crippen LogP contribution in [0.4, 0.5) is 0 Å². The molecule has 1 N–H and O–H groups in total. The standard InChI is InChI=1S/C19H19N3O2/c1-3-12-20-18(23)14-10-8-13(9-11-14)17-19(24)22(2)16-7-5-4-6-15(16)21-17/h4-11H,3,12H2,1-2H3,(H,20,23). The number of hydrogen-bond acceptors (Lipinski definition) is 3. The van der Waals surface area contributed by atoms with Gasteiger partial charge in [-0.05, 0) is 30.7 Å². The molecule has 3 rings (SSSR count). The predicted octanol–water partition coefficient (Wildman–Crippen LogP) is 2.74. The van der Waals surface area contributed by atoms with E-state index in [0.29, 0.717) is 23.4 Å². The van der Waals surface area contributed by atoms with Gasteiger partial charge in [0.2, 0.25) is 0 Å². The summed E-state index contributed by atoms with van der Waals surface area (Å²) in [6, 6.07) is 14.5. The van der Waals surface area contributed by atoms with Gasteiger partial charge < -0.3 is 9.88 Å². The maximum Gasteiger partial charge on any atom is 0.277 e. The zero-order chi connectivity index (χ0) is 17.1. The fourth-order valence-corrected chi connectivity index (χ4v) is 2.59. The topological polar surface area (TPSA) is 64.0 Å². The molecule has 0 bridgehead atoms. The number of aryl methyl sites for hydroxylation is 1. The summed E-state index contributed by atoms with van der Waals surface area (Å²) in [5.74, 6) is -0.109. The molecule has 0 spiro atoms. The van der Waals surface area contributed by atoms with Gasteiger partial charge in [-0.2, -0.15) is 0 Å². The van der Waals surface area contributed by atoms with Gasteiger partial charge >= 0.3 is 0 Å². The molecular formula is C19H19N3O2. The molecule has 0 saturated carbocycles. The van der Waals surface area contributed by atoms with Crippen LogP contribution in [0.3, 0.4) is 0 Å². The summed E-state index contributed by atoms with van der Waals surface area (Å²) >= 11 is 0. The van der Waals surface area contributed by atoms with Crippen molar-refractivity contribution in [3.8, 4) is 11.3 Å². The zero-order valence-corrected chi connectivity index (χ0v) is 13.7. The lowest BCUT2D eigenvalue weighted by Gasteiger charge is -2.08. The molecule has 0 aliphatic rings. The first-order chi connectivity index (χ1) is 11.6. The molecule has 0 aliphatic heterocycles. The van der Waals surface area contributed by atoms with Gasteiger partial charge in [0.25, 0.3) is 11.5 Å². The van der Waals surface area contributed by atoms with E-state index in [2.05, 4.69) is 10.3 Å². The highest BCUT2D eigenvalue weighted by Gasteiger charge is 2.11. The fourth-order valence-electron chi connectivity index (χ4n) is 2.59. The normalized spacial score (nSPS) is 10.8. The van der Waals surface area contributed by atoms with E-state index < -0.39 is 0 Å². The van der Waals surface area contributed by atoms with E-state index in [1.54, 1.807) is 35.9 Å². The van der Waals surface area contributed by atoms with E-state index in [9.17, 15) is 9.59 Å². The van der Waals surface area contributed by atoms with E-state index in [0.717, 1.165) is 17.5 Å². The van der Waals surface area contributed by atoms with Crippen molar-refractivity contribution in [3.63, 3.8) is 0 Å². The number of benzene rings is 2. The first-order valence-corrected chi connectivity index (χ1v) is 7.96. The van der Waals surface area contributed by atoms with E-state index >= 15 is 0 Å². The average molecular weight is 321 g/mol. The number of aromatic nitrogens is 2. The van der Waals surface area contributed by atoms with Crippen molar-refractivity contribution in [1.29, 1.82) is 0 Å². The SMILES string of the molecule is CCCNC(=O)c1ccc(-c2nc3ccccc3n(C)c2=O)cc1. The lowest BCUT2D eigenvalue weighted by molar-refractivity contribution is 0.0953. The summed E-state index contributed by atoms with van der Waals surface area (Å²) in [6.45, 7) is 2.65. The zero-order valence-electron chi connectivity index (χ0n) is 13.7. The van der Waals surface area contributed by atoms with Crippen LogP contribution in [0.25, 0.3) is 22.3 Å². The number of nitrogens with zero attached hydrogens (tertiary/aromatic N) is 2. The molecule has 1 heterocycles. The third kappa shape index (κ3) is 2.93. The number of nitrogens with one attached hydrogen (secondary N) is 1. The number of fused-ring (bicyclic) bond motifs is 1. The van der Waals surface area contributed by atoms with Gasteiger partial charge in [0.1, 0.15) is 5.69 Å². The second-order valence-electron chi connectivity index (χ2n) is 5.65. The van der Waals surface area contributed by atoms with Crippen molar-refractivity contribution < 1.29 is 4.79 Å². The maximum absolute atomic E-state index is 12.6. The third-order valence-corrected chi connectivity index (χ3v) is 3.94. The van der Waals surface area contributed by atoms with E-state index in [-0.39, 0.29) is 11.5 Å². The number of hydrogen-bond donors (Lipinski definition) is 1. The largest absolute Gasteiger partial charge is 0.352 e. The van der Waals surface area contributed by atoms with Crippen molar-refractivity contribution in [2.75, 3.05) is 6.54 Å². The van der Waals surface area contributed by atoms with Gasteiger partial charge in [-0.1, -0.05) is 31.2 Å². The Hall–Kier alpha value is -2.95. The van der Waals surface area contributed by atoms with Crippen molar-refractivity contribution in [2.24, 2.45) is 7.05 Å². The van der Waals surface area contributed by atoms with Crippen LogP contribution in [0.5, 0.6) is 0 Å². The molecule has 122 valence electrons. The van der Waals surface area contributed by atoms with Crippen molar-refractivity contribution in [2.45, 2.75) is 13.3 Å². The molecule has 5 heteroatoms. The summed E-state index contributed by atoms with van der Waals surface area (Å²) in [4.78, 5) is 29.0. The molecule has 1 amide bonds. The molecule has 0 unspecified atom stereocenters. The highest BCUT2D eigenvalue weighted by molar-refractivity contribution is 5.94. The van der Waals surface area contributed by atoms with Crippen molar-refractivity contribution in [1.82, 2.24) is 14.9 Å².